The molecular weight excluding hydrogens is 452 g/mol. The summed E-state index contributed by atoms with van der Waals surface area (Å²) in [5, 5.41) is 4.83. The van der Waals surface area contributed by atoms with Gasteiger partial charge in [0.2, 0.25) is 15.9 Å². The zero-order chi connectivity index (χ0) is 20.4. The summed E-state index contributed by atoms with van der Waals surface area (Å²) in [5.74, 6) is -0.261. The van der Waals surface area contributed by atoms with Crippen molar-refractivity contribution in [3.05, 3.63) is 71.2 Å². The molecular formula is C22H21BrN2O3S. The highest BCUT2D eigenvalue weighted by atomic mass is 79.9. The average Bonchev–Trinajstić information content (AvgIpc) is 2.73. The molecule has 150 valence electrons. The van der Waals surface area contributed by atoms with Crippen molar-refractivity contribution in [3.8, 4) is 0 Å². The Morgan fingerprint density at radius 3 is 2.38 bits per heavy atom. The molecule has 0 aliphatic carbocycles. The fourth-order valence-electron chi connectivity index (χ4n) is 3.65. The van der Waals surface area contributed by atoms with Crippen LogP contribution in [0, 0.1) is 5.92 Å². The third-order valence-corrected chi connectivity index (χ3v) is 7.66. The second kappa shape index (κ2) is 8.26. The Morgan fingerprint density at radius 2 is 1.66 bits per heavy atom. The quantitative estimate of drug-likeness (QED) is 0.601. The van der Waals surface area contributed by atoms with Crippen LogP contribution >= 0.6 is 15.9 Å². The summed E-state index contributed by atoms with van der Waals surface area (Å²) < 4.78 is 28.5. The molecule has 1 fully saturated rings. The van der Waals surface area contributed by atoms with Gasteiger partial charge in [0.15, 0.2) is 0 Å². The molecule has 0 radical (unpaired) electrons. The highest BCUT2D eigenvalue weighted by molar-refractivity contribution is 9.10. The van der Waals surface area contributed by atoms with E-state index >= 15 is 0 Å². The van der Waals surface area contributed by atoms with Gasteiger partial charge in [-0.3, -0.25) is 4.79 Å². The summed E-state index contributed by atoms with van der Waals surface area (Å²) in [5.41, 5.74) is 0.732. The van der Waals surface area contributed by atoms with E-state index in [1.165, 1.54) is 4.31 Å². The zero-order valence-electron chi connectivity index (χ0n) is 15.7. The molecule has 0 atom stereocenters. The predicted octanol–water partition coefficient (Wildman–Crippen LogP) is 4.64. The van der Waals surface area contributed by atoms with Gasteiger partial charge in [0, 0.05) is 29.2 Å². The molecule has 3 aromatic rings. The van der Waals surface area contributed by atoms with Gasteiger partial charge in [0.05, 0.1) is 4.90 Å². The van der Waals surface area contributed by atoms with E-state index in [1.807, 2.05) is 54.6 Å². The van der Waals surface area contributed by atoms with E-state index in [9.17, 15) is 13.2 Å². The Kier molecular flexibility index (Phi) is 5.72. The number of carbonyl (C=O) groups excluding carboxylic acids is 1. The molecule has 1 amide bonds. The van der Waals surface area contributed by atoms with Crippen LogP contribution in [0.1, 0.15) is 12.8 Å². The SMILES string of the molecule is O=C(Nc1cccc(Br)c1)C1CCN(S(=O)(=O)c2ccc3ccccc3c2)CC1. The topological polar surface area (TPSA) is 66.5 Å². The van der Waals surface area contributed by atoms with E-state index in [0.717, 1.165) is 20.9 Å². The molecule has 1 heterocycles. The summed E-state index contributed by atoms with van der Waals surface area (Å²) >= 11 is 3.39. The summed E-state index contributed by atoms with van der Waals surface area (Å²) in [6.07, 6.45) is 1.01. The minimum Gasteiger partial charge on any atom is -0.326 e. The largest absolute Gasteiger partial charge is 0.326 e. The van der Waals surface area contributed by atoms with Crippen molar-refractivity contribution in [3.63, 3.8) is 0 Å². The smallest absolute Gasteiger partial charge is 0.243 e. The van der Waals surface area contributed by atoms with Crippen LogP contribution in [0.15, 0.2) is 76.1 Å². The first-order valence-electron chi connectivity index (χ1n) is 9.49. The van der Waals surface area contributed by atoms with Crippen molar-refractivity contribution in [1.82, 2.24) is 4.31 Å². The van der Waals surface area contributed by atoms with Gasteiger partial charge in [-0.25, -0.2) is 8.42 Å². The number of amides is 1. The Hall–Kier alpha value is -2.22. The molecule has 0 saturated carbocycles. The van der Waals surface area contributed by atoms with Crippen molar-refractivity contribution in [2.45, 2.75) is 17.7 Å². The van der Waals surface area contributed by atoms with Gasteiger partial charge in [-0.05, 0) is 53.9 Å². The lowest BCUT2D eigenvalue weighted by atomic mass is 9.97. The average molecular weight is 473 g/mol. The number of nitrogens with one attached hydrogen (secondary N) is 1. The molecule has 4 rings (SSSR count). The summed E-state index contributed by atoms with van der Waals surface area (Å²) in [7, 11) is -3.57. The van der Waals surface area contributed by atoms with Crippen LogP contribution in [-0.4, -0.2) is 31.7 Å². The number of anilines is 1. The molecule has 0 spiro atoms. The first-order chi connectivity index (χ1) is 13.9. The predicted molar refractivity (Wildman–Crippen MR) is 118 cm³/mol. The molecule has 0 unspecified atom stereocenters. The van der Waals surface area contributed by atoms with Crippen LogP contribution in [0.4, 0.5) is 5.69 Å². The molecule has 1 N–H and O–H groups in total. The number of hydrogen-bond acceptors (Lipinski definition) is 3. The number of nitrogens with zero attached hydrogens (tertiary/aromatic N) is 1. The Morgan fingerprint density at radius 1 is 0.931 bits per heavy atom. The van der Waals surface area contributed by atoms with Crippen molar-refractivity contribution in [2.75, 3.05) is 18.4 Å². The van der Waals surface area contributed by atoms with E-state index in [1.54, 1.807) is 12.1 Å². The normalized spacial score (nSPS) is 16.0. The fraction of sp³-hybridized carbons (Fsp3) is 0.227. The Labute approximate surface area is 178 Å². The van der Waals surface area contributed by atoms with E-state index in [4.69, 9.17) is 0 Å². The standard InChI is InChI=1S/C22H21BrN2O3S/c23-19-6-3-7-20(15-19)24-22(26)17-10-12-25(13-11-17)29(27,28)21-9-8-16-4-1-2-5-18(16)14-21/h1-9,14-15,17H,10-13H2,(H,24,26). The zero-order valence-corrected chi connectivity index (χ0v) is 18.1. The van der Waals surface area contributed by atoms with Gasteiger partial charge in [0.25, 0.3) is 0 Å². The second-order valence-corrected chi connectivity index (χ2v) is 10.0. The van der Waals surface area contributed by atoms with E-state index < -0.39 is 10.0 Å². The first-order valence-corrected chi connectivity index (χ1v) is 11.7. The maximum absolute atomic E-state index is 13.1. The van der Waals surface area contributed by atoms with Crippen LogP contribution in [-0.2, 0) is 14.8 Å². The number of benzene rings is 3. The minimum absolute atomic E-state index is 0.0640. The van der Waals surface area contributed by atoms with E-state index in [-0.39, 0.29) is 11.8 Å². The summed E-state index contributed by atoms with van der Waals surface area (Å²) in [4.78, 5) is 12.9. The van der Waals surface area contributed by atoms with Gasteiger partial charge in [0.1, 0.15) is 0 Å². The number of fused-ring (bicyclic) bond motifs is 1. The number of carbonyl (C=O) groups is 1. The highest BCUT2D eigenvalue weighted by Crippen LogP contribution is 2.27. The lowest BCUT2D eigenvalue weighted by Crippen LogP contribution is -2.41. The number of halogens is 1. The Balaban J connectivity index is 1.43. The molecule has 7 heteroatoms. The van der Waals surface area contributed by atoms with Crippen molar-refractivity contribution >= 4 is 48.3 Å². The van der Waals surface area contributed by atoms with Crippen LogP contribution in [0.3, 0.4) is 0 Å². The molecule has 0 bridgehead atoms. The summed E-state index contributed by atoms with van der Waals surface area (Å²) in [6, 6.07) is 20.3. The Bertz CT molecular complexity index is 1160. The van der Waals surface area contributed by atoms with E-state index in [2.05, 4.69) is 21.2 Å². The molecule has 1 saturated heterocycles. The van der Waals surface area contributed by atoms with E-state index in [0.29, 0.717) is 30.8 Å². The van der Waals surface area contributed by atoms with Gasteiger partial charge >= 0.3 is 0 Å². The molecule has 1 aliphatic rings. The van der Waals surface area contributed by atoms with Crippen LogP contribution in [0.2, 0.25) is 0 Å². The van der Waals surface area contributed by atoms with Gasteiger partial charge < -0.3 is 5.32 Å². The number of sulfonamides is 1. The maximum atomic E-state index is 13.1. The minimum atomic E-state index is -3.57. The van der Waals surface area contributed by atoms with Gasteiger partial charge in [-0.1, -0.05) is 52.3 Å². The molecule has 5 nitrogen and oxygen atoms in total. The molecule has 29 heavy (non-hydrogen) atoms. The van der Waals surface area contributed by atoms with Crippen LogP contribution < -0.4 is 5.32 Å². The van der Waals surface area contributed by atoms with Crippen molar-refractivity contribution in [1.29, 1.82) is 0 Å². The number of rotatable bonds is 4. The first kappa shape index (κ1) is 20.1. The molecule has 1 aliphatic heterocycles. The summed E-state index contributed by atoms with van der Waals surface area (Å²) in [6.45, 7) is 0.678. The highest BCUT2D eigenvalue weighted by Gasteiger charge is 2.32. The third-order valence-electron chi connectivity index (χ3n) is 5.28. The van der Waals surface area contributed by atoms with Crippen LogP contribution in [0.25, 0.3) is 10.8 Å². The molecule has 0 aromatic heterocycles. The maximum Gasteiger partial charge on any atom is 0.243 e. The fourth-order valence-corrected chi connectivity index (χ4v) is 5.55. The van der Waals surface area contributed by atoms with Gasteiger partial charge in [-0.2, -0.15) is 4.31 Å². The van der Waals surface area contributed by atoms with Crippen LogP contribution in [0.5, 0.6) is 0 Å². The lowest BCUT2D eigenvalue weighted by Gasteiger charge is -2.30. The number of hydrogen-bond donors (Lipinski definition) is 1. The van der Waals surface area contributed by atoms with Crippen molar-refractivity contribution < 1.29 is 13.2 Å². The molecule has 3 aromatic carbocycles. The number of piperidine rings is 1. The second-order valence-electron chi connectivity index (χ2n) is 7.19. The lowest BCUT2D eigenvalue weighted by molar-refractivity contribution is -0.120. The van der Waals surface area contributed by atoms with Crippen molar-refractivity contribution in [2.24, 2.45) is 5.92 Å². The van der Waals surface area contributed by atoms with Gasteiger partial charge in [-0.15, -0.1) is 0 Å². The monoisotopic (exact) mass is 472 g/mol. The third kappa shape index (κ3) is 4.37.